The van der Waals surface area contributed by atoms with E-state index < -0.39 is 12.2 Å². The zero-order valence-electron chi connectivity index (χ0n) is 6.38. The average Bonchev–Trinajstić information content (AvgIpc) is 2.03. The summed E-state index contributed by atoms with van der Waals surface area (Å²) in [6, 6.07) is 7.10. The number of rotatable bonds is 1. The van der Waals surface area contributed by atoms with Gasteiger partial charge in [0.15, 0.2) is 0 Å². The first kappa shape index (κ1) is 9.57. The summed E-state index contributed by atoms with van der Waals surface area (Å²) < 4.78 is 34.8. The van der Waals surface area contributed by atoms with Gasteiger partial charge in [-0.15, -0.1) is 13.2 Å². The molecule has 0 bridgehead atoms. The predicted octanol–water partition coefficient (Wildman–Crippen LogP) is 1.31. The van der Waals surface area contributed by atoms with Gasteiger partial charge in [0, 0.05) is 0 Å². The van der Waals surface area contributed by atoms with E-state index in [1.807, 2.05) is 4.99 Å². The molecule has 0 fully saturated rings. The van der Waals surface area contributed by atoms with Gasteiger partial charge in [-0.3, -0.25) is 0 Å². The van der Waals surface area contributed by atoms with Crippen LogP contribution in [0, 0.1) is 0 Å². The van der Waals surface area contributed by atoms with Crippen molar-refractivity contribution in [2.75, 3.05) is 0 Å². The van der Waals surface area contributed by atoms with Crippen molar-refractivity contribution in [2.45, 2.75) is 6.30 Å². The van der Waals surface area contributed by atoms with Gasteiger partial charge in [-0.1, -0.05) is 30.3 Å². The minimum Gasteiger partial charge on any atom is -0.858 e. The Kier molecular flexibility index (Phi) is 2.55. The molecule has 1 aromatic rings. The second-order valence-electron chi connectivity index (χ2n) is 2.25. The molecule has 0 aliphatic carbocycles. The molecule has 5 heteroatoms. The largest absolute Gasteiger partial charge is 0.858 e. The van der Waals surface area contributed by atoms with Crippen LogP contribution in [0.1, 0.15) is 5.56 Å². The van der Waals surface area contributed by atoms with E-state index >= 15 is 0 Å². The summed E-state index contributed by atoms with van der Waals surface area (Å²) in [5, 5.41) is 10.8. The molecular weight excluding hydrogens is 183 g/mol. The lowest BCUT2D eigenvalue weighted by molar-refractivity contribution is -0.221. The molecule has 0 saturated heterocycles. The van der Waals surface area contributed by atoms with Crippen LogP contribution in [0.3, 0.4) is 0 Å². The van der Waals surface area contributed by atoms with E-state index in [4.69, 9.17) is 0 Å². The summed E-state index contributed by atoms with van der Waals surface area (Å²) in [4.78, 5) is 2.04. The fourth-order valence-corrected chi connectivity index (χ4v) is 0.760. The highest BCUT2D eigenvalue weighted by Crippen LogP contribution is 2.16. The Morgan fingerprint density at radius 3 is 2.15 bits per heavy atom. The first-order valence-electron chi connectivity index (χ1n) is 3.38. The second kappa shape index (κ2) is 3.47. The lowest BCUT2D eigenvalue weighted by atomic mass is 10.2. The zero-order chi connectivity index (χ0) is 9.90. The smallest absolute Gasteiger partial charge is 0.502 e. The van der Waals surface area contributed by atoms with Crippen molar-refractivity contribution in [3.8, 4) is 0 Å². The van der Waals surface area contributed by atoms with E-state index in [2.05, 4.69) is 0 Å². The molecule has 13 heavy (non-hydrogen) atoms. The van der Waals surface area contributed by atoms with Gasteiger partial charge in [-0.05, 0) is 11.5 Å². The number of nitrogens with zero attached hydrogens (tertiary/aromatic N) is 1. The van der Waals surface area contributed by atoms with Crippen LogP contribution in [0.5, 0.6) is 0 Å². The number of hydrogen-bond acceptors (Lipinski definition) is 2. The fraction of sp³-hybridized carbons (Fsp3) is 0.125. The minimum absolute atomic E-state index is 0.0696. The third-order valence-corrected chi connectivity index (χ3v) is 1.25. The van der Waals surface area contributed by atoms with Gasteiger partial charge in [0.25, 0.3) is 0 Å². The highest BCUT2D eigenvalue weighted by molar-refractivity contribution is 5.90. The molecule has 0 heterocycles. The topological polar surface area (TPSA) is 35.4 Å². The summed E-state index contributed by atoms with van der Waals surface area (Å²) in [6.45, 7) is 0. The molecule has 1 rings (SSSR count). The van der Waals surface area contributed by atoms with Crippen LogP contribution in [-0.2, 0) is 0 Å². The molecule has 0 N–H and O–H groups in total. The third kappa shape index (κ3) is 3.14. The van der Waals surface area contributed by atoms with Crippen LogP contribution < -0.4 is 5.11 Å². The van der Waals surface area contributed by atoms with E-state index in [9.17, 15) is 18.3 Å². The molecule has 0 unspecified atom stereocenters. The molecular formula is C8H5F3NO-. The molecule has 0 aliphatic heterocycles. The Balaban J connectivity index is 2.92. The lowest BCUT2D eigenvalue weighted by Gasteiger charge is -2.11. The van der Waals surface area contributed by atoms with Crippen molar-refractivity contribution < 1.29 is 18.3 Å². The van der Waals surface area contributed by atoms with E-state index in [1.165, 1.54) is 24.3 Å². The van der Waals surface area contributed by atoms with Crippen molar-refractivity contribution in [3.63, 3.8) is 0 Å². The van der Waals surface area contributed by atoms with E-state index in [1.54, 1.807) is 6.07 Å². The Morgan fingerprint density at radius 2 is 1.69 bits per heavy atom. The molecule has 0 aliphatic rings. The first-order chi connectivity index (χ1) is 5.99. The Bertz CT molecular complexity index is 305. The van der Waals surface area contributed by atoms with Crippen molar-refractivity contribution >= 4 is 5.90 Å². The number of halogens is 3. The molecule has 0 saturated carbocycles. The summed E-state index contributed by atoms with van der Waals surface area (Å²) in [5.74, 6) is -1.27. The van der Waals surface area contributed by atoms with Gasteiger partial charge in [0.05, 0.1) is 0 Å². The van der Waals surface area contributed by atoms with Gasteiger partial charge in [0.1, 0.15) is 0 Å². The van der Waals surface area contributed by atoms with E-state index in [-0.39, 0.29) is 5.56 Å². The number of hydrogen-bond donors (Lipinski definition) is 0. The number of aliphatic imine (C=N–C) groups is 1. The molecule has 0 radical (unpaired) electrons. The van der Waals surface area contributed by atoms with Crippen LogP contribution in [0.4, 0.5) is 13.2 Å². The van der Waals surface area contributed by atoms with Crippen molar-refractivity contribution in [1.82, 2.24) is 0 Å². The van der Waals surface area contributed by atoms with E-state index in [0.717, 1.165) is 0 Å². The summed E-state index contributed by atoms with van der Waals surface area (Å²) in [5.41, 5.74) is -0.0696. The molecule has 0 spiro atoms. The Hall–Kier alpha value is -1.52. The third-order valence-electron chi connectivity index (χ3n) is 1.25. The SMILES string of the molecule is [O-]C(=NC(F)(F)F)c1ccccc1. The zero-order valence-corrected chi connectivity index (χ0v) is 6.38. The molecule has 70 valence electrons. The summed E-state index contributed by atoms with van der Waals surface area (Å²) in [7, 11) is 0. The molecule has 0 atom stereocenters. The van der Waals surface area contributed by atoms with Crippen molar-refractivity contribution in [1.29, 1.82) is 0 Å². The maximum Gasteiger partial charge on any atom is 0.502 e. The van der Waals surface area contributed by atoms with Gasteiger partial charge in [0.2, 0.25) is 0 Å². The molecule has 2 nitrogen and oxygen atoms in total. The minimum atomic E-state index is -4.80. The average molecular weight is 188 g/mol. The standard InChI is InChI=1S/C8H6F3NO/c9-8(10,11)12-7(13)6-4-2-1-3-5-6/h1-5H,(H,12,13)/p-1. The van der Waals surface area contributed by atoms with Gasteiger partial charge >= 0.3 is 6.30 Å². The lowest BCUT2D eigenvalue weighted by Crippen LogP contribution is -2.22. The van der Waals surface area contributed by atoms with E-state index in [0.29, 0.717) is 0 Å². The first-order valence-corrected chi connectivity index (χ1v) is 3.38. The van der Waals surface area contributed by atoms with Crippen LogP contribution in [0.25, 0.3) is 0 Å². The predicted molar refractivity (Wildman–Crippen MR) is 39.0 cm³/mol. The van der Waals surface area contributed by atoms with Crippen LogP contribution >= 0.6 is 0 Å². The quantitative estimate of drug-likeness (QED) is 0.372. The number of alkyl halides is 3. The molecule has 0 amide bonds. The van der Waals surface area contributed by atoms with Crippen molar-refractivity contribution in [2.24, 2.45) is 4.99 Å². The van der Waals surface area contributed by atoms with Crippen LogP contribution in [-0.4, -0.2) is 12.2 Å². The fourth-order valence-electron chi connectivity index (χ4n) is 0.760. The number of benzene rings is 1. The molecule has 1 aromatic carbocycles. The maximum atomic E-state index is 11.6. The van der Waals surface area contributed by atoms with Gasteiger partial charge in [-0.25, -0.2) is 4.99 Å². The Morgan fingerprint density at radius 1 is 1.15 bits per heavy atom. The molecule has 0 aromatic heterocycles. The monoisotopic (exact) mass is 188 g/mol. The van der Waals surface area contributed by atoms with Crippen LogP contribution in [0.2, 0.25) is 0 Å². The van der Waals surface area contributed by atoms with Gasteiger partial charge in [-0.2, -0.15) is 0 Å². The van der Waals surface area contributed by atoms with Crippen LogP contribution in [0.15, 0.2) is 35.3 Å². The van der Waals surface area contributed by atoms with Gasteiger partial charge < -0.3 is 5.11 Å². The maximum absolute atomic E-state index is 11.6. The second-order valence-corrected chi connectivity index (χ2v) is 2.25. The summed E-state index contributed by atoms with van der Waals surface area (Å²) >= 11 is 0. The highest BCUT2D eigenvalue weighted by atomic mass is 19.4. The Labute approximate surface area is 72.3 Å². The highest BCUT2D eigenvalue weighted by Gasteiger charge is 2.25. The normalized spacial score (nSPS) is 13.0. The van der Waals surface area contributed by atoms with Crippen molar-refractivity contribution in [3.05, 3.63) is 35.9 Å². The summed E-state index contributed by atoms with van der Waals surface area (Å²) in [6.07, 6.45) is -4.80.